The first-order valence-electron chi connectivity index (χ1n) is 5.04. The van der Waals surface area contributed by atoms with Crippen LogP contribution in [0.3, 0.4) is 0 Å². The van der Waals surface area contributed by atoms with E-state index >= 15 is 0 Å². The lowest BCUT2D eigenvalue weighted by Crippen LogP contribution is -2.09. The molecule has 0 saturated heterocycles. The summed E-state index contributed by atoms with van der Waals surface area (Å²) < 4.78 is 0. The Kier molecular flexibility index (Phi) is 1.88. The Morgan fingerprint density at radius 2 is 2.13 bits per heavy atom. The van der Waals surface area contributed by atoms with E-state index in [1.165, 1.54) is 10.9 Å². The molecule has 0 saturated carbocycles. The lowest BCUT2D eigenvalue weighted by atomic mass is 10.0. The Bertz CT molecular complexity index is 514. The van der Waals surface area contributed by atoms with Crippen molar-refractivity contribution < 1.29 is 0 Å². The highest BCUT2D eigenvalue weighted by Crippen LogP contribution is 2.25. The van der Waals surface area contributed by atoms with Crippen molar-refractivity contribution in [2.24, 2.45) is 4.99 Å². The summed E-state index contributed by atoms with van der Waals surface area (Å²) in [5.41, 5.74) is 2.29. The molecule has 0 radical (unpaired) electrons. The van der Waals surface area contributed by atoms with Gasteiger partial charge in [0.2, 0.25) is 0 Å². The zero-order chi connectivity index (χ0) is 10.1. The molecular formula is C12H11N3. The quantitative estimate of drug-likeness (QED) is 0.758. The molecule has 2 heterocycles. The molecule has 1 aliphatic rings. The number of nitrogens with zero attached hydrogens (tertiary/aromatic N) is 2. The van der Waals surface area contributed by atoms with Crippen LogP contribution in [0.4, 0.5) is 0 Å². The number of para-hydroxylation sites is 1. The minimum absolute atomic E-state index is 0.234. The van der Waals surface area contributed by atoms with Gasteiger partial charge < -0.3 is 5.32 Å². The van der Waals surface area contributed by atoms with E-state index in [2.05, 4.69) is 27.4 Å². The van der Waals surface area contributed by atoms with Crippen molar-refractivity contribution in [3.8, 4) is 0 Å². The SMILES string of the molecule is C1=NC(c2ccnc3ccccc23)CN1. The predicted octanol–water partition coefficient (Wildman–Crippen LogP) is 1.91. The molecule has 1 aromatic carbocycles. The summed E-state index contributed by atoms with van der Waals surface area (Å²) >= 11 is 0. The second-order valence-corrected chi connectivity index (χ2v) is 3.62. The second-order valence-electron chi connectivity index (χ2n) is 3.62. The van der Waals surface area contributed by atoms with Crippen LogP contribution >= 0.6 is 0 Å². The molecule has 2 aromatic rings. The third-order valence-corrected chi connectivity index (χ3v) is 2.70. The molecule has 1 aromatic heterocycles. The molecule has 0 spiro atoms. The van der Waals surface area contributed by atoms with Crippen LogP contribution in [0.2, 0.25) is 0 Å². The third kappa shape index (κ3) is 1.36. The van der Waals surface area contributed by atoms with Gasteiger partial charge in [-0.3, -0.25) is 9.98 Å². The average Bonchev–Trinajstić information content (AvgIpc) is 2.82. The molecule has 1 aliphatic heterocycles. The van der Waals surface area contributed by atoms with E-state index in [4.69, 9.17) is 0 Å². The van der Waals surface area contributed by atoms with Crippen molar-refractivity contribution in [1.29, 1.82) is 0 Å². The summed E-state index contributed by atoms with van der Waals surface area (Å²) in [6.07, 6.45) is 3.63. The van der Waals surface area contributed by atoms with Crippen molar-refractivity contribution in [1.82, 2.24) is 10.3 Å². The molecule has 74 valence electrons. The fraction of sp³-hybridized carbons (Fsp3) is 0.167. The van der Waals surface area contributed by atoms with E-state index in [0.717, 1.165) is 12.1 Å². The van der Waals surface area contributed by atoms with Gasteiger partial charge in [0.25, 0.3) is 0 Å². The fourth-order valence-corrected chi connectivity index (χ4v) is 1.96. The molecule has 0 amide bonds. The van der Waals surface area contributed by atoms with Crippen LogP contribution < -0.4 is 5.32 Å². The van der Waals surface area contributed by atoms with Crippen molar-refractivity contribution in [3.05, 3.63) is 42.1 Å². The number of aliphatic imine (C=N–C) groups is 1. The maximum Gasteiger partial charge on any atom is 0.0945 e. The molecule has 1 N–H and O–H groups in total. The van der Waals surface area contributed by atoms with Crippen LogP contribution in [0.1, 0.15) is 11.6 Å². The van der Waals surface area contributed by atoms with E-state index in [0.29, 0.717) is 0 Å². The summed E-state index contributed by atoms with van der Waals surface area (Å²) in [4.78, 5) is 8.73. The number of hydrogen-bond acceptors (Lipinski definition) is 3. The first kappa shape index (κ1) is 8.41. The van der Waals surface area contributed by atoms with Gasteiger partial charge in [-0.2, -0.15) is 0 Å². The van der Waals surface area contributed by atoms with Gasteiger partial charge >= 0.3 is 0 Å². The highest BCUT2D eigenvalue weighted by molar-refractivity contribution is 5.82. The van der Waals surface area contributed by atoms with E-state index in [-0.39, 0.29) is 6.04 Å². The van der Waals surface area contributed by atoms with Gasteiger partial charge in [0.15, 0.2) is 0 Å². The van der Waals surface area contributed by atoms with Gasteiger partial charge in [-0.25, -0.2) is 0 Å². The summed E-state index contributed by atoms with van der Waals surface area (Å²) in [6, 6.07) is 10.5. The predicted molar refractivity (Wildman–Crippen MR) is 61.0 cm³/mol. The smallest absolute Gasteiger partial charge is 0.0945 e. The zero-order valence-electron chi connectivity index (χ0n) is 8.22. The van der Waals surface area contributed by atoms with Crippen LogP contribution in [0.15, 0.2) is 41.5 Å². The molecular weight excluding hydrogens is 186 g/mol. The Morgan fingerprint density at radius 3 is 3.00 bits per heavy atom. The maximum atomic E-state index is 4.39. The van der Waals surface area contributed by atoms with Crippen molar-refractivity contribution in [2.75, 3.05) is 6.54 Å². The number of pyridine rings is 1. The molecule has 1 atom stereocenters. The Balaban J connectivity index is 2.21. The Morgan fingerprint density at radius 1 is 1.20 bits per heavy atom. The molecule has 0 aliphatic carbocycles. The molecule has 3 nitrogen and oxygen atoms in total. The van der Waals surface area contributed by atoms with Gasteiger partial charge in [0.05, 0.1) is 17.9 Å². The van der Waals surface area contributed by atoms with Crippen LogP contribution in [0, 0.1) is 0 Å². The molecule has 3 heteroatoms. The molecule has 3 rings (SSSR count). The lowest BCUT2D eigenvalue weighted by molar-refractivity contribution is 0.757. The summed E-state index contributed by atoms with van der Waals surface area (Å²) in [6.45, 7) is 0.883. The minimum Gasteiger partial charge on any atom is -0.374 e. The summed E-state index contributed by atoms with van der Waals surface area (Å²) in [5.74, 6) is 0. The number of nitrogens with one attached hydrogen (secondary N) is 1. The van der Waals surface area contributed by atoms with Gasteiger partial charge in [-0.05, 0) is 17.7 Å². The first-order chi connectivity index (χ1) is 7.45. The van der Waals surface area contributed by atoms with E-state index in [1.807, 2.05) is 24.4 Å². The number of hydrogen-bond donors (Lipinski definition) is 1. The van der Waals surface area contributed by atoms with Gasteiger partial charge in [0.1, 0.15) is 0 Å². The van der Waals surface area contributed by atoms with Gasteiger partial charge in [-0.15, -0.1) is 0 Å². The van der Waals surface area contributed by atoms with E-state index in [9.17, 15) is 0 Å². The van der Waals surface area contributed by atoms with Crippen molar-refractivity contribution in [2.45, 2.75) is 6.04 Å². The molecule has 0 fully saturated rings. The van der Waals surface area contributed by atoms with Crippen LogP contribution in [0.5, 0.6) is 0 Å². The number of aromatic nitrogens is 1. The molecule has 15 heavy (non-hydrogen) atoms. The maximum absolute atomic E-state index is 4.39. The number of fused-ring (bicyclic) bond motifs is 1. The van der Waals surface area contributed by atoms with Crippen molar-refractivity contribution in [3.63, 3.8) is 0 Å². The minimum atomic E-state index is 0.234. The highest BCUT2D eigenvalue weighted by atomic mass is 15.0. The Hall–Kier alpha value is -1.90. The normalized spacial score (nSPS) is 19.3. The average molecular weight is 197 g/mol. The van der Waals surface area contributed by atoms with Gasteiger partial charge in [0, 0.05) is 18.1 Å². The molecule has 0 bridgehead atoms. The van der Waals surface area contributed by atoms with Crippen molar-refractivity contribution >= 4 is 17.2 Å². The second kappa shape index (κ2) is 3.35. The van der Waals surface area contributed by atoms with Crippen LogP contribution in [0.25, 0.3) is 10.9 Å². The lowest BCUT2D eigenvalue weighted by Gasteiger charge is -2.09. The Labute approximate surface area is 87.9 Å². The van der Waals surface area contributed by atoms with Crippen LogP contribution in [-0.2, 0) is 0 Å². The van der Waals surface area contributed by atoms with E-state index < -0.39 is 0 Å². The highest BCUT2D eigenvalue weighted by Gasteiger charge is 2.15. The zero-order valence-corrected chi connectivity index (χ0v) is 8.22. The molecule has 1 unspecified atom stereocenters. The number of benzene rings is 1. The van der Waals surface area contributed by atoms with E-state index in [1.54, 1.807) is 6.34 Å². The van der Waals surface area contributed by atoms with Gasteiger partial charge in [-0.1, -0.05) is 18.2 Å². The summed E-state index contributed by atoms with van der Waals surface area (Å²) in [5, 5.41) is 4.32. The third-order valence-electron chi connectivity index (χ3n) is 2.70. The monoisotopic (exact) mass is 197 g/mol. The fourth-order valence-electron chi connectivity index (χ4n) is 1.96. The summed E-state index contributed by atoms with van der Waals surface area (Å²) in [7, 11) is 0. The first-order valence-corrected chi connectivity index (χ1v) is 5.04. The number of rotatable bonds is 1. The van der Waals surface area contributed by atoms with Crippen LogP contribution in [-0.4, -0.2) is 17.9 Å². The largest absolute Gasteiger partial charge is 0.374 e. The standard InChI is InChI=1S/C12H11N3/c1-2-4-11-9(3-1)10(5-6-14-11)12-7-13-8-15-12/h1-6,8,12H,7H2,(H,13,15). The topological polar surface area (TPSA) is 37.3 Å².